The number of benzene rings is 1. The molecule has 1 N–H and O–H groups in total. The van der Waals surface area contributed by atoms with Crippen molar-refractivity contribution in [2.75, 3.05) is 12.4 Å². The number of methoxy groups -OCH3 is 1. The Hall–Kier alpha value is -2.51. The van der Waals surface area contributed by atoms with Crippen LogP contribution in [0.3, 0.4) is 0 Å². The van der Waals surface area contributed by atoms with Crippen molar-refractivity contribution in [1.29, 1.82) is 0 Å². The number of alkyl halides is 1. The quantitative estimate of drug-likeness (QED) is 0.279. The first-order valence-electron chi connectivity index (χ1n) is 7.03. The molecule has 0 saturated carbocycles. The Bertz CT molecular complexity index is 716. The van der Waals surface area contributed by atoms with Crippen molar-refractivity contribution in [3.63, 3.8) is 0 Å². The summed E-state index contributed by atoms with van der Waals surface area (Å²) < 4.78 is 4.90. The minimum atomic E-state index is -1.70. The standard InChI is InChI=1S/C16H15ClN2O5/c1-24-16(19(22)23)9-7-11(8-10-16)14(20)13(17)15(21)18-12-5-3-2-4-6-12/h2-9,13H,10H2,1H3,(H,18,21)/t13-,16-/m0/s1. The Morgan fingerprint density at radius 1 is 1.38 bits per heavy atom. The van der Waals surface area contributed by atoms with Gasteiger partial charge in [-0.1, -0.05) is 24.3 Å². The van der Waals surface area contributed by atoms with Crippen molar-refractivity contribution < 1.29 is 19.2 Å². The van der Waals surface area contributed by atoms with Crippen LogP contribution in [0.2, 0.25) is 0 Å². The molecule has 1 aliphatic carbocycles. The fraction of sp³-hybridized carbons (Fsp3) is 0.250. The number of ketones is 1. The summed E-state index contributed by atoms with van der Waals surface area (Å²) in [6, 6.07) is 8.57. The Morgan fingerprint density at radius 2 is 2.04 bits per heavy atom. The highest BCUT2D eigenvalue weighted by Gasteiger charge is 2.42. The van der Waals surface area contributed by atoms with Crippen LogP contribution in [0, 0.1) is 10.1 Å². The van der Waals surface area contributed by atoms with Gasteiger partial charge in [0.05, 0.1) is 11.3 Å². The predicted molar refractivity (Wildman–Crippen MR) is 88.3 cm³/mol. The normalized spacial score (nSPS) is 20.8. The van der Waals surface area contributed by atoms with Crippen molar-refractivity contribution in [3.05, 3.63) is 64.2 Å². The predicted octanol–water partition coefficient (Wildman–Crippen LogP) is 2.31. The first kappa shape index (κ1) is 17.8. The van der Waals surface area contributed by atoms with E-state index in [-0.39, 0.29) is 12.0 Å². The number of rotatable bonds is 6. The van der Waals surface area contributed by atoms with Gasteiger partial charge in [0.1, 0.15) is 0 Å². The molecule has 0 heterocycles. The van der Waals surface area contributed by atoms with E-state index in [1.165, 1.54) is 25.3 Å². The van der Waals surface area contributed by atoms with Crippen LogP contribution in [0.15, 0.2) is 54.1 Å². The molecule has 0 spiro atoms. The van der Waals surface area contributed by atoms with E-state index >= 15 is 0 Å². The number of Topliss-reactive ketones (excluding diaryl/α,β-unsaturated/α-hetero) is 1. The molecule has 1 aliphatic rings. The second-order valence-corrected chi connectivity index (χ2v) is 5.52. The van der Waals surface area contributed by atoms with Gasteiger partial charge >= 0.3 is 5.72 Å². The zero-order chi connectivity index (χ0) is 17.7. The highest BCUT2D eigenvalue weighted by molar-refractivity contribution is 6.45. The molecule has 0 bridgehead atoms. The van der Waals surface area contributed by atoms with Crippen LogP contribution in [-0.4, -0.2) is 34.8 Å². The number of carbonyl (C=O) groups is 2. The maximum absolute atomic E-state index is 12.3. The molecule has 24 heavy (non-hydrogen) atoms. The maximum Gasteiger partial charge on any atom is 0.348 e. The fourth-order valence-corrected chi connectivity index (χ4v) is 2.33. The summed E-state index contributed by atoms with van der Waals surface area (Å²) in [7, 11) is 1.21. The summed E-state index contributed by atoms with van der Waals surface area (Å²) in [5.74, 6) is -1.30. The molecule has 0 aliphatic heterocycles. The average molecular weight is 351 g/mol. The fourth-order valence-electron chi connectivity index (χ4n) is 2.15. The molecule has 7 nitrogen and oxygen atoms in total. The van der Waals surface area contributed by atoms with Crippen LogP contribution in [0.25, 0.3) is 0 Å². The van der Waals surface area contributed by atoms with Gasteiger partial charge in [0.2, 0.25) is 5.91 Å². The minimum Gasteiger partial charge on any atom is -0.324 e. The molecule has 1 aromatic carbocycles. The Balaban J connectivity index is 2.05. The SMILES string of the molecule is CO[C@@]1([N+](=O)[O-])C=CC(C(=O)[C@H](Cl)C(=O)Nc2ccccc2)=CC1. The van der Waals surface area contributed by atoms with E-state index in [4.69, 9.17) is 16.3 Å². The monoisotopic (exact) mass is 350 g/mol. The van der Waals surface area contributed by atoms with Gasteiger partial charge in [-0.15, -0.1) is 11.6 Å². The number of para-hydroxylation sites is 1. The zero-order valence-corrected chi connectivity index (χ0v) is 13.5. The van der Waals surface area contributed by atoms with Gasteiger partial charge in [-0.3, -0.25) is 19.7 Å². The summed E-state index contributed by atoms with van der Waals surface area (Å²) >= 11 is 5.93. The van der Waals surface area contributed by atoms with Gasteiger partial charge in [0.25, 0.3) is 0 Å². The number of hydrogen-bond acceptors (Lipinski definition) is 5. The smallest absolute Gasteiger partial charge is 0.324 e. The lowest BCUT2D eigenvalue weighted by atomic mass is 9.96. The van der Waals surface area contributed by atoms with Crippen LogP contribution in [-0.2, 0) is 14.3 Å². The third-order valence-electron chi connectivity index (χ3n) is 3.59. The van der Waals surface area contributed by atoms with Crippen molar-refractivity contribution in [3.8, 4) is 0 Å². The van der Waals surface area contributed by atoms with E-state index in [0.29, 0.717) is 5.69 Å². The number of allylic oxidation sites excluding steroid dienone is 2. The molecule has 2 rings (SSSR count). The molecule has 8 heteroatoms. The Morgan fingerprint density at radius 3 is 2.54 bits per heavy atom. The molecule has 0 radical (unpaired) electrons. The number of amides is 1. The summed E-state index contributed by atoms with van der Waals surface area (Å²) in [5, 5.41) is 12.1. The number of hydrogen-bond donors (Lipinski definition) is 1. The third kappa shape index (κ3) is 3.69. The molecule has 0 saturated heterocycles. The van der Waals surface area contributed by atoms with Crippen molar-refractivity contribution >= 4 is 29.0 Å². The van der Waals surface area contributed by atoms with Crippen molar-refractivity contribution in [2.24, 2.45) is 0 Å². The molecule has 0 aromatic heterocycles. The lowest BCUT2D eigenvalue weighted by Crippen LogP contribution is -2.40. The highest BCUT2D eigenvalue weighted by Crippen LogP contribution is 2.26. The van der Waals surface area contributed by atoms with E-state index in [9.17, 15) is 19.7 Å². The van der Waals surface area contributed by atoms with E-state index in [2.05, 4.69) is 5.32 Å². The number of halogens is 1. The highest BCUT2D eigenvalue weighted by atomic mass is 35.5. The number of carbonyl (C=O) groups excluding carboxylic acids is 2. The van der Waals surface area contributed by atoms with E-state index < -0.39 is 27.7 Å². The Kier molecular flexibility index (Phi) is 5.48. The molecule has 0 unspecified atom stereocenters. The van der Waals surface area contributed by atoms with Gasteiger partial charge in [0.15, 0.2) is 11.2 Å². The summed E-state index contributed by atoms with van der Waals surface area (Å²) in [5.41, 5.74) is -1.05. The number of nitrogens with one attached hydrogen (secondary N) is 1. The number of ether oxygens (including phenoxy) is 1. The molecule has 126 valence electrons. The van der Waals surface area contributed by atoms with Crippen LogP contribution in [0.1, 0.15) is 6.42 Å². The largest absolute Gasteiger partial charge is 0.348 e. The van der Waals surface area contributed by atoms with Crippen LogP contribution < -0.4 is 5.32 Å². The number of nitro groups is 1. The number of nitrogens with zero attached hydrogens (tertiary/aromatic N) is 1. The van der Waals surface area contributed by atoms with Crippen LogP contribution >= 0.6 is 11.6 Å². The summed E-state index contributed by atoms with van der Waals surface area (Å²) in [6.45, 7) is 0. The molecule has 2 atom stereocenters. The zero-order valence-electron chi connectivity index (χ0n) is 12.8. The van der Waals surface area contributed by atoms with Gasteiger partial charge in [-0.25, -0.2) is 0 Å². The Labute approximate surface area is 143 Å². The van der Waals surface area contributed by atoms with Crippen molar-refractivity contribution in [1.82, 2.24) is 0 Å². The third-order valence-corrected chi connectivity index (χ3v) is 3.98. The van der Waals surface area contributed by atoms with E-state index in [1.54, 1.807) is 30.3 Å². The average Bonchev–Trinajstić information content (AvgIpc) is 2.61. The van der Waals surface area contributed by atoms with Crippen LogP contribution in [0.5, 0.6) is 0 Å². The van der Waals surface area contributed by atoms with Gasteiger partial charge in [-0.05, 0) is 18.2 Å². The van der Waals surface area contributed by atoms with Gasteiger partial charge in [-0.2, -0.15) is 0 Å². The molecule has 1 aromatic rings. The maximum atomic E-state index is 12.3. The number of anilines is 1. The summed E-state index contributed by atoms with van der Waals surface area (Å²) in [6.07, 6.45) is 3.65. The van der Waals surface area contributed by atoms with Crippen LogP contribution in [0.4, 0.5) is 5.69 Å². The molecule has 0 fully saturated rings. The summed E-state index contributed by atoms with van der Waals surface area (Å²) in [4.78, 5) is 34.8. The second kappa shape index (κ2) is 7.37. The molecular formula is C16H15ClN2O5. The minimum absolute atomic E-state index is 0.127. The lowest BCUT2D eigenvalue weighted by Gasteiger charge is -2.22. The van der Waals surface area contributed by atoms with E-state index in [1.807, 2.05) is 0 Å². The first-order chi connectivity index (χ1) is 11.4. The first-order valence-corrected chi connectivity index (χ1v) is 7.46. The topological polar surface area (TPSA) is 98.5 Å². The lowest BCUT2D eigenvalue weighted by molar-refractivity contribution is -0.610. The van der Waals surface area contributed by atoms with E-state index in [0.717, 1.165) is 0 Å². The van der Waals surface area contributed by atoms with Gasteiger partial charge in [0, 0.05) is 24.4 Å². The molecular weight excluding hydrogens is 336 g/mol. The van der Waals surface area contributed by atoms with Gasteiger partial charge < -0.3 is 10.1 Å². The second-order valence-electron chi connectivity index (χ2n) is 5.09. The van der Waals surface area contributed by atoms with Crippen molar-refractivity contribution in [2.45, 2.75) is 17.5 Å². The molecule has 1 amide bonds.